The minimum absolute atomic E-state index is 0.459. The molecule has 108 valence electrons. The van der Waals surface area contributed by atoms with Crippen molar-refractivity contribution in [3.63, 3.8) is 0 Å². The Labute approximate surface area is 118 Å². The summed E-state index contributed by atoms with van der Waals surface area (Å²) < 4.78 is 7.31. The largest absolute Gasteiger partial charge is 0.339 e. The van der Waals surface area contributed by atoms with Gasteiger partial charge in [-0.1, -0.05) is 12.1 Å². The van der Waals surface area contributed by atoms with Crippen molar-refractivity contribution < 1.29 is 4.52 Å². The van der Waals surface area contributed by atoms with Gasteiger partial charge >= 0.3 is 0 Å². The summed E-state index contributed by atoms with van der Waals surface area (Å²) in [6.45, 7) is 9.00. The lowest BCUT2D eigenvalue weighted by Gasteiger charge is -2.15. The molecule has 0 N–H and O–H groups in total. The highest BCUT2D eigenvalue weighted by atomic mass is 16.5. The molecule has 20 heavy (non-hydrogen) atoms. The van der Waals surface area contributed by atoms with Crippen LogP contribution >= 0.6 is 0 Å². The van der Waals surface area contributed by atoms with E-state index in [-0.39, 0.29) is 0 Å². The van der Waals surface area contributed by atoms with Gasteiger partial charge in [0.1, 0.15) is 0 Å². The summed E-state index contributed by atoms with van der Waals surface area (Å²) in [6, 6.07) is 2.59. The Balaban J connectivity index is 1.63. The van der Waals surface area contributed by atoms with Gasteiger partial charge in [-0.2, -0.15) is 10.1 Å². The Kier molecular flexibility index (Phi) is 3.56. The van der Waals surface area contributed by atoms with Crippen molar-refractivity contribution in [1.29, 1.82) is 0 Å². The zero-order chi connectivity index (χ0) is 14.1. The molecule has 1 atom stereocenters. The maximum atomic E-state index is 5.15. The molecule has 0 bridgehead atoms. The lowest BCUT2D eigenvalue weighted by molar-refractivity contribution is 0.294. The van der Waals surface area contributed by atoms with E-state index in [1.807, 2.05) is 13.8 Å². The van der Waals surface area contributed by atoms with Crippen molar-refractivity contribution in [3.8, 4) is 0 Å². The molecule has 3 heterocycles. The lowest BCUT2D eigenvalue weighted by atomic mass is 10.2. The first kappa shape index (κ1) is 13.3. The highest BCUT2D eigenvalue weighted by Crippen LogP contribution is 2.23. The summed E-state index contributed by atoms with van der Waals surface area (Å²) in [5.41, 5.74) is 2.33. The van der Waals surface area contributed by atoms with E-state index in [0.29, 0.717) is 11.9 Å². The van der Waals surface area contributed by atoms with Crippen molar-refractivity contribution >= 4 is 0 Å². The van der Waals surface area contributed by atoms with Crippen molar-refractivity contribution in [2.75, 3.05) is 13.1 Å². The van der Waals surface area contributed by atoms with E-state index >= 15 is 0 Å². The van der Waals surface area contributed by atoms with Gasteiger partial charge in [0.05, 0.1) is 18.3 Å². The normalized spacial score (nSPS) is 19.9. The summed E-state index contributed by atoms with van der Waals surface area (Å²) in [5, 5.41) is 8.61. The van der Waals surface area contributed by atoms with Gasteiger partial charge in [-0.15, -0.1) is 0 Å². The molecule has 6 heteroatoms. The Morgan fingerprint density at radius 1 is 1.40 bits per heavy atom. The van der Waals surface area contributed by atoms with Crippen LogP contribution in [0.2, 0.25) is 0 Å². The molecule has 0 spiro atoms. The number of hydrogen-bond donors (Lipinski definition) is 0. The molecular formula is C14H21N5O. The van der Waals surface area contributed by atoms with Crippen LogP contribution in [0.5, 0.6) is 0 Å². The minimum atomic E-state index is 0.459. The second-order valence-electron chi connectivity index (χ2n) is 5.51. The molecule has 1 aliphatic heterocycles. The highest BCUT2D eigenvalue weighted by Gasteiger charge is 2.26. The predicted octanol–water partition coefficient (Wildman–Crippen LogP) is 1.89. The number of rotatable bonds is 4. The second kappa shape index (κ2) is 5.36. The van der Waals surface area contributed by atoms with E-state index in [1.54, 1.807) is 0 Å². The summed E-state index contributed by atoms with van der Waals surface area (Å²) in [6.07, 6.45) is 1.92. The molecule has 1 aliphatic rings. The monoisotopic (exact) mass is 275 g/mol. The average Bonchev–Trinajstić information content (AvgIpc) is 3.11. The topological polar surface area (TPSA) is 60.0 Å². The van der Waals surface area contributed by atoms with E-state index < -0.39 is 0 Å². The van der Waals surface area contributed by atoms with E-state index in [9.17, 15) is 0 Å². The van der Waals surface area contributed by atoms with Gasteiger partial charge in [0.2, 0.25) is 5.89 Å². The van der Waals surface area contributed by atoms with Gasteiger partial charge in [-0.25, -0.2) is 0 Å². The van der Waals surface area contributed by atoms with Crippen molar-refractivity contribution in [1.82, 2.24) is 24.8 Å². The number of aromatic nitrogens is 4. The third kappa shape index (κ3) is 2.60. The van der Waals surface area contributed by atoms with Crippen LogP contribution < -0.4 is 0 Å². The predicted molar refractivity (Wildman–Crippen MR) is 74.3 cm³/mol. The third-order valence-corrected chi connectivity index (χ3v) is 3.82. The molecule has 0 amide bonds. The maximum absolute atomic E-state index is 5.15. The van der Waals surface area contributed by atoms with Gasteiger partial charge in [-0.3, -0.25) is 9.58 Å². The standard InChI is InChI=1S/C14H21N5O/c1-4-14-15-13(17-20-14)9-18-6-5-12(8-18)19-11(3)7-10(2)16-19/h7,12H,4-6,8-9H2,1-3H3/t12-/m1/s1. The van der Waals surface area contributed by atoms with Gasteiger partial charge in [0.15, 0.2) is 5.82 Å². The summed E-state index contributed by atoms with van der Waals surface area (Å²) in [5.74, 6) is 1.50. The SMILES string of the molecule is CCc1nc(CN2CC[C@@H](n3nc(C)cc3C)C2)no1. The van der Waals surface area contributed by atoms with Crippen LogP contribution in [-0.4, -0.2) is 37.9 Å². The second-order valence-corrected chi connectivity index (χ2v) is 5.51. The third-order valence-electron chi connectivity index (χ3n) is 3.82. The number of aryl methyl sites for hydroxylation is 3. The van der Waals surface area contributed by atoms with E-state index in [1.165, 1.54) is 5.69 Å². The van der Waals surface area contributed by atoms with Gasteiger partial charge in [0.25, 0.3) is 0 Å². The van der Waals surface area contributed by atoms with Crippen LogP contribution in [0, 0.1) is 13.8 Å². The Bertz CT molecular complexity index is 588. The highest BCUT2D eigenvalue weighted by molar-refractivity contribution is 5.08. The average molecular weight is 275 g/mol. The maximum Gasteiger partial charge on any atom is 0.226 e. The van der Waals surface area contributed by atoms with Crippen LogP contribution in [-0.2, 0) is 13.0 Å². The van der Waals surface area contributed by atoms with Crippen LogP contribution in [0.25, 0.3) is 0 Å². The molecule has 3 rings (SSSR count). The Morgan fingerprint density at radius 2 is 2.25 bits per heavy atom. The fraction of sp³-hybridized carbons (Fsp3) is 0.643. The van der Waals surface area contributed by atoms with Crippen LogP contribution in [0.15, 0.2) is 10.6 Å². The first-order valence-corrected chi connectivity index (χ1v) is 7.22. The first-order valence-electron chi connectivity index (χ1n) is 7.22. The molecule has 6 nitrogen and oxygen atoms in total. The molecule has 0 radical (unpaired) electrons. The summed E-state index contributed by atoms with van der Waals surface area (Å²) in [7, 11) is 0. The Morgan fingerprint density at radius 3 is 2.90 bits per heavy atom. The van der Waals surface area contributed by atoms with Gasteiger partial charge in [0, 0.05) is 25.2 Å². The number of nitrogens with zero attached hydrogens (tertiary/aromatic N) is 5. The minimum Gasteiger partial charge on any atom is -0.339 e. The summed E-state index contributed by atoms with van der Waals surface area (Å²) >= 11 is 0. The van der Waals surface area contributed by atoms with E-state index in [2.05, 4.69) is 37.8 Å². The van der Waals surface area contributed by atoms with Crippen LogP contribution in [0.4, 0.5) is 0 Å². The zero-order valence-corrected chi connectivity index (χ0v) is 12.3. The van der Waals surface area contributed by atoms with Crippen LogP contribution in [0.1, 0.15) is 42.5 Å². The lowest BCUT2D eigenvalue weighted by Crippen LogP contribution is -2.22. The van der Waals surface area contributed by atoms with Gasteiger partial charge < -0.3 is 4.52 Å². The number of likely N-dealkylation sites (tertiary alicyclic amines) is 1. The van der Waals surface area contributed by atoms with E-state index in [0.717, 1.165) is 44.0 Å². The molecule has 1 saturated heterocycles. The Hall–Kier alpha value is -1.69. The fourth-order valence-electron chi connectivity index (χ4n) is 2.87. The first-order chi connectivity index (χ1) is 9.65. The van der Waals surface area contributed by atoms with Crippen LogP contribution in [0.3, 0.4) is 0 Å². The molecular weight excluding hydrogens is 254 g/mol. The van der Waals surface area contributed by atoms with Crippen molar-refractivity contribution in [2.45, 2.75) is 46.2 Å². The number of hydrogen-bond acceptors (Lipinski definition) is 5. The van der Waals surface area contributed by atoms with Crippen molar-refractivity contribution in [2.24, 2.45) is 0 Å². The molecule has 2 aromatic rings. The molecule has 0 aliphatic carbocycles. The zero-order valence-electron chi connectivity index (χ0n) is 12.3. The quantitative estimate of drug-likeness (QED) is 0.852. The molecule has 2 aromatic heterocycles. The van der Waals surface area contributed by atoms with Crippen molar-refractivity contribution in [3.05, 3.63) is 29.2 Å². The molecule has 1 fully saturated rings. The van der Waals surface area contributed by atoms with Gasteiger partial charge in [-0.05, 0) is 26.3 Å². The smallest absolute Gasteiger partial charge is 0.226 e. The molecule has 0 saturated carbocycles. The summed E-state index contributed by atoms with van der Waals surface area (Å²) in [4.78, 5) is 6.74. The molecule has 0 unspecified atom stereocenters. The fourth-order valence-corrected chi connectivity index (χ4v) is 2.87. The van der Waals surface area contributed by atoms with E-state index in [4.69, 9.17) is 4.52 Å². The molecule has 0 aromatic carbocycles.